The molecule has 0 spiro atoms. The Morgan fingerprint density at radius 2 is 1.02 bits per heavy atom. The molecule has 0 saturated carbocycles. The maximum Gasteiger partial charge on any atom is 0.238 e. The molecule has 6 nitrogen and oxygen atoms in total. The van der Waals surface area contributed by atoms with E-state index in [0.717, 1.165) is 65.9 Å². The van der Waals surface area contributed by atoms with Crippen molar-refractivity contribution in [1.29, 1.82) is 0 Å². The lowest BCUT2D eigenvalue weighted by Crippen LogP contribution is -2.07. The van der Waals surface area contributed by atoms with Gasteiger partial charge in [-0.2, -0.15) is 9.97 Å². The Hall–Kier alpha value is -6.66. The molecule has 48 heavy (non-hydrogen) atoms. The van der Waals surface area contributed by atoms with E-state index < -0.39 is 0 Å². The van der Waals surface area contributed by atoms with E-state index in [9.17, 15) is 0 Å². The zero-order chi connectivity index (χ0) is 31.6. The lowest BCUT2D eigenvalue weighted by molar-refractivity contribution is 0.953. The minimum atomic E-state index is 0.559. The predicted octanol–water partition coefficient (Wildman–Crippen LogP) is 9.95. The monoisotopic (exact) mass is 614 g/mol. The number of nitrogens with zero attached hydrogens (tertiary/aromatic N) is 6. The largest absolute Gasteiger partial charge is 0.307 e. The minimum Gasteiger partial charge on any atom is -0.307 e. The molecule has 4 aromatic heterocycles. The first-order valence-corrected chi connectivity index (χ1v) is 16.0. The lowest BCUT2D eigenvalue weighted by Gasteiger charge is -2.13. The molecule has 0 atom stereocenters. The van der Waals surface area contributed by atoms with E-state index in [1.54, 1.807) is 0 Å². The van der Waals surface area contributed by atoms with Gasteiger partial charge in [-0.25, -0.2) is 4.98 Å². The van der Waals surface area contributed by atoms with E-state index in [2.05, 4.69) is 94.1 Å². The molecule has 10 rings (SSSR count). The van der Waals surface area contributed by atoms with Crippen LogP contribution in [-0.2, 0) is 0 Å². The number of hydrogen-bond donors (Lipinski definition) is 0. The SMILES string of the molecule is c1ccc(-c2nc(-c3ccccc3)nc(-n3c4cc5cccnc5cc4c4ccc5c6ccccc6n(-c6ccccc6)c5c43)n2)cc1. The topological polar surface area (TPSA) is 61.4 Å². The van der Waals surface area contributed by atoms with Gasteiger partial charge in [0.05, 0.1) is 27.6 Å². The number of hydrogen-bond acceptors (Lipinski definition) is 4. The van der Waals surface area contributed by atoms with Crippen LogP contribution in [0.2, 0.25) is 0 Å². The molecule has 0 N–H and O–H groups in total. The number of fused-ring (bicyclic) bond motifs is 8. The number of pyridine rings is 1. The summed E-state index contributed by atoms with van der Waals surface area (Å²) in [6.45, 7) is 0. The van der Waals surface area contributed by atoms with Crippen molar-refractivity contribution in [2.45, 2.75) is 0 Å². The van der Waals surface area contributed by atoms with Crippen LogP contribution in [-0.4, -0.2) is 29.1 Å². The Labute approximate surface area is 275 Å². The third kappa shape index (κ3) is 3.99. The van der Waals surface area contributed by atoms with Crippen molar-refractivity contribution in [1.82, 2.24) is 29.1 Å². The fraction of sp³-hybridized carbons (Fsp3) is 0. The van der Waals surface area contributed by atoms with Gasteiger partial charge in [0.25, 0.3) is 0 Å². The molecule has 6 aromatic carbocycles. The fourth-order valence-corrected chi connectivity index (χ4v) is 7.06. The van der Waals surface area contributed by atoms with Crippen LogP contribution < -0.4 is 0 Å². The van der Waals surface area contributed by atoms with Crippen molar-refractivity contribution >= 4 is 54.5 Å². The maximum absolute atomic E-state index is 5.23. The first-order valence-electron chi connectivity index (χ1n) is 16.0. The minimum absolute atomic E-state index is 0.559. The second-order valence-corrected chi connectivity index (χ2v) is 12.0. The van der Waals surface area contributed by atoms with Gasteiger partial charge >= 0.3 is 0 Å². The highest BCUT2D eigenvalue weighted by atomic mass is 15.2. The first kappa shape index (κ1) is 26.5. The quantitative estimate of drug-likeness (QED) is 0.198. The molecule has 4 heterocycles. The molecule has 0 aliphatic rings. The zero-order valence-corrected chi connectivity index (χ0v) is 25.7. The highest BCUT2D eigenvalue weighted by molar-refractivity contribution is 6.24. The highest BCUT2D eigenvalue weighted by Crippen LogP contribution is 2.42. The van der Waals surface area contributed by atoms with Crippen LogP contribution in [0.3, 0.4) is 0 Å². The molecule has 0 fully saturated rings. The number of aromatic nitrogens is 6. The normalized spacial score (nSPS) is 11.8. The third-order valence-corrected chi connectivity index (χ3v) is 9.19. The average molecular weight is 615 g/mol. The summed E-state index contributed by atoms with van der Waals surface area (Å²) in [5.41, 5.74) is 8.16. The van der Waals surface area contributed by atoms with Crippen molar-refractivity contribution in [3.05, 3.63) is 158 Å². The molecule has 0 amide bonds. The molecule has 224 valence electrons. The molecule has 0 aliphatic carbocycles. The van der Waals surface area contributed by atoms with Gasteiger partial charge in [0.15, 0.2) is 11.6 Å². The van der Waals surface area contributed by atoms with Crippen LogP contribution in [0, 0.1) is 0 Å². The van der Waals surface area contributed by atoms with E-state index in [-0.39, 0.29) is 0 Å². The van der Waals surface area contributed by atoms with Crippen LogP contribution in [0.25, 0.3) is 88.9 Å². The van der Waals surface area contributed by atoms with Crippen LogP contribution in [0.1, 0.15) is 0 Å². The van der Waals surface area contributed by atoms with Crippen LogP contribution in [0.4, 0.5) is 0 Å². The van der Waals surface area contributed by atoms with Gasteiger partial charge in [-0.15, -0.1) is 0 Å². The van der Waals surface area contributed by atoms with Crippen LogP contribution in [0.5, 0.6) is 0 Å². The van der Waals surface area contributed by atoms with Crippen molar-refractivity contribution < 1.29 is 0 Å². The predicted molar refractivity (Wildman–Crippen MR) is 195 cm³/mol. The summed E-state index contributed by atoms with van der Waals surface area (Å²) in [5.74, 6) is 1.80. The summed E-state index contributed by atoms with van der Waals surface area (Å²) >= 11 is 0. The Balaban J connectivity index is 1.43. The summed E-state index contributed by atoms with van der Waals surface area (Å²) in [7, 11) is 0. The first-order chi connectivity index (χ1) is 23.8. The Bertz CT molecular complexity index is 2760. The van der Waals surface area contributed by atoms with Crippen LogP contribution in [0.15, 0.2) is 158 Å². The van der Waals surface area contributed by atoms with Gasteiger partial charge in [-0.05, 0) is 36.4 Å². The number of para-hydroxylation sites is 2. The van der Waals surface area contributed by atoms with Gasteiger partial charge in [0.1, 0.15) is 0 Å². The molecule has 0 unspecified atom stereocenters. The second kappa shape index (κ2) is 10.4. The molecular weight excluding hydrogens is 589 g/mol. The molecule has 10 aromatic rings. The van der Waals surface area contributed by atoms with Crippen molar-refractivity contribution in [2.24, 2.45) is 0 Å². The van der Waals surface area contributed by atoms with Gasteiger partial charge in [-0.1, -0.05) is 115 Å². The average Bonchev–Trinajstić information content (AvgIpc) is 3.67. The molecular formula is C42H26N6. The molecule has 0 radical (unpaired) electrons. The van der Waals surface area contributed by atoms with Gasteiger partial charge < -0.3 is 4.57 Å². The highest BCUT2D eigenvalue weighted by Gasteiger charge is 2.24. The van der Waals surface area contributed by atoms with Gasteiger partial charge in [0.2, 0.25) is 5.95 Å². The van der Waals surface area contributed by atoms with Gasteiger partial charge in [-0.3, -0.25) is 9.55 Å². The van der Waals surface area contributed by atoms with Gasteiger partial charge in [0, 0.05) is 49.9 Å². The van der Waals surface area contributed by atoms with Crippen molar-refractivity contribution in [3.8, 4) is 34.4 Å². The number of rotatable bonds is 4. The zero-order valence-electron chi connectivity index (χ0n) is 25.7. The number of benzene rings is 6. The van der Waals surface area contributed by atoms with Crippen molar-refractivity contribution in [2.75, 3.05) is 0 Å². The summed E-state index contributed by atoms with van der Waals surface area (Å²) in [5, 5.41) is 5.59. The Kier molecular flexibility index (Phi) is 5.77. The second-order valence-electron chi connectivity index (χ2n) is 12.0. The summed E-state index contributed by atoms with van der Waals surface area (Å²) in [6.07, 6.45) is 1.85. The Morgan fingerprint density at radius 1 is 0.417 bits per heavy atom. The summed E-state index contributed by atoms with van der Waals surface area (Å²) < 4.78 is 4.61. The fourth-order valence-electron chi connectivity index (χ4n) is 7.06. The van der Waals surface area contributed by atoms with Crippen molar-refractivity contribution in [3.63, 3.8) is 0 Å². The van der Waals surface area contributed by atoms with E-state index in [0.29, 0.717) is 17.6 Å². The third-order valence-electron chi connectivity index (χ3n) is 9.19. The molecule has 0 aliphatic heterocycles. The summed E-state index contributed by atoms with van der Waals surface area (Å²) in [6, 6.07) is 52.5. The molecule has 0 bridgehead atoms. The van der Waals surface area contributed by atoms with E-state index in [1.165, 1.54) is 5.39 Å². The molecule has 6 heteroatoms. The van der Waals surface area contributed by atoms with Crippen LogP contribution >= 0.6 is 0 Å². The summed E-state index contributed by atoms with van der Waals surface area (Å²) in [4.78, 5) is 20.2. The maximum atomic E-state index is 5.23. The van der Waals surface area contributed by atoms with E-state index >= 15 is 0 Å². The smallest absolute Gasteiger partial charge is 0.238 e. The van der Waals surface area contributed by atoms with E-state index in [1.807, 2.05) is 72.9 Å². The van der Waals surface area contributed by atoms with E-state index in [4.69, 9.17) is 19.9 Å². The molecule has 0 saturated heterocycles. The standard InChI is InChI=1S/C42H26N6/c1-4-13-27(14-5-1)40-44-41(28-15-6-2-7-16-28)46-42(45-40)48-37-25-29-17-12-24-43-35(29)26-34(37)33-23-22-32-31-20-10-11-21-36(31)47(38(32)39(33)48)30-18-8-3-9-19-30/h1-26H. The lowest BCUT2D eigenvalue weighted by atomic mass is 10.1. The Morgan fingerprint density at radius 3 is 1.73 bits per heavy atom.